The van der Waals surface area contributed by atoms with Crippen LogP contribution in [0.4, 0.5) is 5.95 Å². The Bertz CT molecular complexity index is 621. The van der Waals surface area contributed by atoms with Crippen molar-refractivity contribution in [1.29, 1.82) is 0 Å². The number of benzene rings is 1. The highest BCUT2D eigenvalue weighted by molar-refractivity contribution is 5.78. The van der Waals surface area contributed by atoms with Crippen LogP contribution in [0, 0.1) is 0 Å². The molecule has 0 bridgehead atoms. The Kier molecular flexibility index (Phi) is 2.72. The second-order valence-electron chi connectivity index (χ2n) is 5.55. The topological polar surface area (TPSA) is 39.5 Å². The molecule has 0 saturated carbocycles. The fourth-order valence-corrected chi connectivity index (χ4v) is 3.25. The zero-order chi connectivity index (χ0) is 13.6. The van der Waals surface area contributed by atoms with Gasteiger partial charge in [0.05, 0.1) is 24.2 Å². The van der Waals surface area contributed by atoms with Gasteiger partial charge in [0, 0.05) is 33.0 Å². The molecule has 106 valence electrons. The number of piperidine rings is 1. The van der Waals surface area contributed by atoms with Crippen LogP contribution in [0.2, 0.25) is 0 Å². The summed E-state index contributed by atoms with van der Waals surface area (Å²) >= 11 is 0. The van der Waals surface area contributed by atoms with E-state index in [0.717, 1.165) is 50.6 Å². The predicted molar refractivity (Wildman–Crippen MR) is 76.8 cm³/mol. The van der Waals surface area contributed by atoms with Gasteiger partial charge in [-0.3, -0.25) is 0 Å². The van der Waals surface area contributed by atoms with E-state index in [1.54, 1.807) is 0 Å². The molecule has 2 fully saturated rings. The molecule has 0 atom stereocenters. The van der Waals surface area contributed by atoms with Gasteiger partial charge in [-0.2, -0.15) is 0 Å². The molecule has 1 spiro atoms. The summed E-state index contributed by atoms with van der Waals surface area (Å²) in [6, 6.07) is 8.26. The van der Waals surface area contributed by atoms with Gasteiger partial charge in [-0.25, -0.2) is 4.98 Å². The van der Waals surface area contributed by atoms with Crippen LogP contribution in [-0.2, 0) is 16.5 Å². The van der Waals surface area contributed by atoms with Gasteiger partial charge in [0.2, 0.25) is 5.95 Å². The number of aryl methyl sites for hydroxylation is 1. The molecule has 1 aromatic heterocycles. The third-order valence-electron chi connectivity index (χ3n) is 4.39. The maximum absolute atomic E-state index is 5.78. The number of anilines is 1. The van der Waals surface area contributed by atoms with Crippen LogP contribution in [0.25, 0.3) is 11.0 Å². The maximum atomic E-state index is 5.78. The van der Waals surface area contributed by atoms with Crippen molar-refractivity contribution < 1.29 is 9.47 Å². The average Bonchev–Trinajstić information content (AvgIpc) is 3.07. The lowest BCUT2D eigenvalue weighted by molar-refractivity contribution is -0.169. The van der Waals surface area contributed by atoms with Gasteiger partial charge in [0.1, 0.15) is 0 Å². The summed E-state index contributed by atoms with van der Waals surface area (Å²) in [7, 11) is 2.08. The minimum atomic E-state index is -0.318. The highest BCUT2D eigenvalue weighted by atomic mass is 16.7. The summed E-state index contributed by atoms with van der Waals surface area (Å²) in [5, 5.41) is 0. The Morgan fingerprint density at radius 1 is 1.10 bits per heavy atom. The SMILES string of the molecule is Cn1c(N2CCC3(CC2)OCCO3)nc2ccccc21. The van der Waals surface area contributed by atoms with E-state index >= 15 is 0 Å². The summed E-state index contributed by atoms with van der Waals surface area (Å²) in [5.41, 5.74) is 2.23. The van der Waals surface area contributed by atoms with E-state index in [-0.39, 0.29) is 5.79 Å². The van der Waals surface area contributed by atoms with Crippen molar-refractivity contribution in [3.05, 3.63) is 24.3 Å². The second-order valence-corrected chi connectivity index (χ2v) is 5.55. The quantitative estimate of drug-likeness (QED) is 0.796. The molecule has 20 heavy (non-hydrogen) atoms. The van der Waals surface area contributed by atoms with Gasteiger partial charge in [-0.15, -0.1) is 0 Å². The molecular weight excluding hydrogens is 254 g/mol. The molecule has 0 aliphatic carbocycles. The van der Waals surface area contributed by atoms with E-state index in [4.69, 9.17) is 14.5 Å². The first-order chi connectivity index (χ1) is 9.77. The molecule has 1 aromatic carbocycles. The summed E-state index contributed by atoms with van der Waals surface area (Å²) in [6.07, 6.45) is 1.83. The summed E-state index contributed by atoms with van der Waals surface area (Å²) in [5.74, 6) is 0.722. The first kappa shape index (κ1) is 12.2. The molecule has 5 heteroatoms. The van der Waals surface area contributed by atoms with Crippen molar-refractivity contribution in [3.8, 4) is 0 Å². The van der Waals surface area contributed by atoms with Crippen molar-refractivity contribution >= 4 is 17.0 Å². The number of hydrogen-bond acceptors (Lipinski definition) is 4. The van der Waals surface area contributed by atoms with Crippen molar-refractivity contribution in [2.75, 3.05) is 31.2 Å². The Balaban J connectivity index is 1.60. The van der Waals surface area contributed by atoms with E-state index in [0.29, 0.717) is 0 Å². The minimum absolute atomic E-state index is 0.318. The van der Waals surface area contributed by atoms with Crippen LogP contribution in [-0.4, -0.2) is 41.6 Å². The van der Waals surface area contributed by atoms with Gasteiger partial charge in [0.15, 0.2) is 5.79 Å². The summed E-state index contributed by atoms with van der Waals surface area (Å²) in [4.78, 5) is 7.09. The van der Waals surface area contributed by atoms with E-state index in [9.17, 15) is 0 Å². The van der Waals surface area contributed by atoms with Gasteiger partial charge < -0.3 is 18.9 Å². The average molecular weight is 273 g/mol. The van der Waals surface area contributed by atoms with Crippen LogP contribution < -0.4 is 4.90 Å². The van der Waals surface area contributed by atoms with Gasteiger partial charge in [0.25, 0.3) is 0 Å². The number of fused-ring (bicyclic) bond motifs is 1. The first-order valence-electron chi connectivity index (χ1n) is 7.22. The smallest absolute Gasteiger partial charge is 0.206 e. The molecule has 0 unspecified atom stereocenters. The molecule has 2 aliphatic rings. The molecule has 2 aliphatic heterocycles. The van der Waals surface area contributed by atoms with Gasteiger partial charge in [-0.05, 0) is 12.1 Å². The number of rotatable bonds is 1. The van der Waals surface area contributed by atoms with Gasteiger partial charge >= 0.3 is 0 Å². The van der Waals surface area contributed by atoms with Crippen molar-refractivity contribution in [2.45, 2.75) is 18.6 Å². The summed E-state index contributed by atoms with van der Waals surface area (Å²) < 4.78 is 13.7. The van der Waals surface area contributed by atoms with E-state index < -0.39 is 0 Å². The van der Waals surface area contributed by atoms with Crippen molar-refractivity contribution in [3.63, 3.8) is 0 Å². The predicted octanol–water partition coefficient (Wildman–Crippen LogP) is 1.92. The minimum Gasteiger partial charge on any atom is -0.347 e. The Hall–Kier alpha value is -1.59. The Labute approximate surface area is 118 Å². The third kappa shape index (κ3) is 1.81. The number of aromatic nitrogens is 2. The van der Waals surface area contributed by atoms with Crippen LogP contribution in [0.5, 0.6) is 0 Å². The second kappa shape index (κ2) is 4.46. The number of hydrogen-bond donors (Lipinski definition) is 0. The van der Waals surface area contributed by atoms with Crippen LogP contribution >= 0.6 is 0 Å². The first-order valence-corrected chi connectivity index (χ1v) is 7.22. The zero-order valence-corrected chi connectivity index (χ0v) is 11.7. The number of para-hydroxylation sites is 2. The maximum Gasteiger partial charge on any atom is 0.206 e. The molecule has 2 aromatic rings. The Morgan fingerprint density at radius 3 is 2.50 bits per heavy atom. The third-order valence-corrected chi connectivity index (χ3v) is 4.39. The highest BCUT2D eigenvalue weighted by Gasteiger charge is 2.40. The lowest BCUT2D eigenvalue weighted by atomic mass is 10.0. The molecule has 0 amide bonds. The molecular formula is C15H19N3O2. The lowest BCUT2D eigenvalue weighted by Crippen LogP contribution is -2.45. The summed E-state index contributed by atoms with van der Waals surface area (Å²) in [6.45, 7) is 3.31. The number of nitrogens with zero attached hydrogens (tertiary/aromatic N) is 3. The van der Waals surface area contributed by atoms with E-state index in [1.165, 1.54) is 5.52 Å². The normalized spacial score (nSPS) is 21.9. The van der Waals surface area contributed by atoms with E-state index in [1.807, 2.05) is 6.07 Å². The molecule has 5 nitrogen and oxygen atoms in total. The highest BCUT2D eigenvalue weighted by Crippen LogP contribution is 2.33. The molecule has 0 N–H and O–H groups in total. The van der Waals surface area contributed by atoms with Crippen molar-refractivity contribution in [1.82, 2.24) is 9.55 Å². The standard InChI is InChI=1S/C15H19N3O2/c1-17-13-5-3-2-4-12(13)16-14(17)18-8-6-15(7-9-18)19-10-11-20-15/h2-5H,6-11H2,1H3. The zero-order valence-electron chi connectivity index (χ0n) is 11.7. The van der Waals surface area contributed by atoms with Crippen LogP contribution in [0.1, 0.15) is 12.8 Å². The Morgan fingerprint density at radius 2 is 1.80 bits per heavy atom. The fourth-order valence-electron chi connectivity index (χ4n) is 3.25. The van der Waals surface area contributed by atoms with Crippen LogP contribution in [0.15, 0.2) is 24.3 Å². The number of ether oxygens (including phenoxy) is 2. The van der Waals surface area contributed by atoms with Crippen LogP contribution in [0.3, 0.4) is 0 Å². The molecule has 3 heterocycles. The monoisotopic (exact) mass is 273 g/mol. The van der Waals surface area contributed by atoms with Crippen molar-refractivity contribution in [2.24, 2.45) is 7.05 Å². The molecule has 0 radical (unpaired) electrons. The molecule has 2 saturated heterocycles. The lowest BCUT2D eigenvalue weighted by Gasteiger charge is -2.37. The largest absolute Gasteiger partial charge is 0.347 e. The number of imidazole rings is 1. The fraction of sp³-hybridized carbons (Fsp3) is 0.533. The molecule has 4 rings (SSSR count). The van der Waals surface area contributed by atoms with E-state index in [2.05, 4.69) is 34.7 Å². The van der Waals surface area contributed by atoms with Gasteiger partial charge in [-0.1, -0.05) is 12.1 Å².